The normalized spacial score (nSPS) is 18.3. The highest BCUT2D eigenvalue weighted by Gasteiger charge is 2.31. The van der Waals surface area contributed by atoms with Crippen molar-refractivity contribution in [1.29, 1.82) is 0 Å². The van der Waals surface area contributed by atoms with E-state index in [4.69, 9.17) is 9.72 Å². The summed E-state index contributed by atoms with van der Waals surface area (Å²) in [7, 11) is 0. The highest BCUT2D eigenvalue weighted by Crippen LogP contribution is 2.28. The Balaban J connectivity index is 1.41. The third-order valence-corrected chi connectivity index (χ3v) is 5.17. The summed E-state index contributed by atoms with van der Waals surface area (Å²) in [6, 6.07) is 1.91. The Morgan fingerprint density at radius 2 is 2.00 bits per heavy atom. The summed E-state index contributed by atoms with van der Waals surface area (Å²) in [6.07, 6.45) is 4.41. The number of nitrogens with one attached hydrogen (secondary N) is 1. The molecule has 0 atom stereocenters. The zero-order valence-electron chi connectivity index (χ0n) is 15.3. The van der Waals surface area contributed by atoms with Crippen LogP contribution in [0.15, 0.2) is 18.5 Å². The number of ether oxygens (including phenoxy) is 1. The number of nitro groups is 1. The zero-order valence-corrected chi connectivity index (χ0v) is 15.3. The molecular formula is C17H21N7O4. The molecule has 2 aliphatic rings. The van der Waals surface area contributed by atoms with Gasteiger partial charge in [-0.3, -0.25) is 4.79 Å². The smallest absolute Gasteiger partial charge is 0.355 e. The number of aromatic nitrogens is 4. The van der Waals surface area contributed by atoms with Crippen molar-refractivity contribution in [2.45, 2.75) is 18.8 Å². The third-order valence-electron chi connectivity index (χ3n) is 5.17. The quantitative estimate of drug-likeness (QED) is 0.606. The molecule has 11 heteroatoms. The molecule has 0 aromatic carbocycles. The van der Waals surface area contributed by atoms with E-state index in [9.17, 15) is 14.9 Å². The van der Waals surface area contributed by atoms with Crippen LogP contribution < -0.4 is 4.90 Å². The minimum absolute atomic E-state index is 0.00554. The second kappa shape index (κ2) is 7.89. The van der Waals surface area contributed by atoms with Gasteiger partial charge in [0.1, 0.15) is 11.6 Å². The van der Waals surface area contributed by atoms with E-state index in [1.165, 1.54) is 6.20 Å². The molecule has 4 heterocycles. The molecule has 1 amide bonds. The lowest BCUT2D eigenvalue weighted by Gasteiger charge is -2.32. The van der Waals surface area contributed by atoms with E-state index in [1.54, 1.807) is 11.1 Å². The van der Waals surface area contributed by atoms with Crippen LogP contribution in [-0.4, -0.2) is 75.3 Å². The van der Waals surface area contributed by atoms with E-state index in [2.05, 4.69) is 20.1 Å². The molecule has 4 rings (SSSR count). The van der Waals surface area contributed by atoms with Gasteiger partial charge in [0.15, 0.2) is 5.56 Å². The molecule has 0 spiro atoms. The number of piperidine rings is 1. The number of likely N-dealkylation sites (tertiary alicyclic amines) is 1. The predicted molar refractivity (Wildman–Crippen MR) is 98.2 cm³/mol. The fraction of sp³-hybridized carbons (Fsp3) is 0.529. The molecule has 2 fully saturated rings. The number of carbonyl (C=O) groups excluding carboxylic acids is 1. The van der Waals surface area contributed by atoms with Crippen LogP contribution in [0.3, 0.4) is 0 Å². The van der Waals surface area contributed by atoms with Crippen LogP contribution in [-0.2, 0) is 4.74 Å². The minimum atomic E-state index is -0.627. The number of amides is 1. The van der Waals surface area contributed by atoms with Crippen LogP contribution >= 0.6 is 0 Å². The first-order chi connectivity index (χ1) is 13.6. The summed E-state index contributed by atoms with van der Waals surface area (Å²) in [5, 5.41) is 16.9. The van der Waals surface area contributed by atoms with E-state index >= 15 is 0 Å². The van der Waals surface area contributed by atoms with Crippen molar-refractivity contribution in [3.63, 3.8) is 0 Å². The highest BCUT2D eigenvalue weighted by atomic mass is 16.6. The van der Waals surface area contributed by atoms with Gasteiger partial charge in [0.05, 0.1) is 19.4 Å². The molecule has 2 aromatic heterocycles. The molecule has 2 aromatic rings. The molecule has 0 aliphatic carbocycles. The van der Waals surface area contributed by atoms with Crippen molar-refractivity contribution >= 4 is 17.5 Å². The lowest BCUT2D eigenvalue weighted by atomic mass is 9.95. The molecule has 148 valence electrons. The standard InChI is InChI=1S/C17H21N7O4/c25-17(13-11-19-21-16(13)24(26)27)23-5-2-12(3-6-23)15-18-4-1-14(20-15)22-7-9-28-10-8-22/h1,4,11-12H,2-3,5-10H2,(H,19,21). The molecule has 0 unspecified atom stereocenters. The lowest BCUT2D eigenvalue weighted by Crippen LogP contribution is -2.39. The number of anilines is 1. The Morgan fingerprint density at radius 3 is 2.71 bits per heavy atom. The topological polar surface area (TPSA) is 130 Å². The maximum absolute atomic E-state index is 12.6. The van der Waals surface area contributed by atoms with Crippen LogP contribution in [0.4, 0.5) is 11.6 Å². The highest BCUT2D eigenvalue weighted by molar-refractivity contribution is 5.97. The zero-order chi connectivity index (χ0) is 19.5. The Hall–Kier alpha value is -3.08. The van der Waals surface area contributed by atoms with E-state index in [1.807, 2.05) is 6.07 Å². The predicted octanol–water partition coefficient (Wildman–Crippen LogP) is 0.964. The first-order valence-electron chi connectivity index (χ1n) is 9.26. The number of rotatable bonds is 4. The number of hydrogen-bond acceptors (Lipinski definition) is 8. The largest absolute Gasteiger partial charge is 0.378 e. The van der Waals surface area contributed by atoms with Gasteiger partial charge in [-0.15, -0.1) is 5.10 Å². The SMILES string of the molecule is O=C(c1cn[nH]c1[N+](=O)[O-])N1CCC(c2nccc(N3CCOCC3)n2)CC1. The first-order valence-corrected chi connectivity index (χ1v) is 9.26. The van der Waals surface area contributed by atoms with Gasteiger partial charge in [0.25, 0.3) is 5.91 Å². The van der Waals surface area contributed by atoms with Gasteiger partial charge in [0.2, 0.25) is 0 Å². The van der Waals surface area contributed by atoms with Crippen LogP contribution in [0.1, 0.15) is 34.9 Å². The summed E-state index contributed by atoms with van der Waals surface area (Å²) in [5.74, 6) is 1.10. The van der Waals surface area contributed by atoms with Gasteiger partial charge in [-0.05, 0) is 23.8 Å². The van der Waals surface area contributed by atoms with Crippen LogP contribution in [0.2, 0.25) is 0 Å². The van der Waals surface area contributed by atoms with E-state index in [-0.39, 0.29) is 23.2 Å². The van der Waals surface area contributed by atoms with Crippen molar-refractivity contribution in [2.24, 2.45) is 0 Å². The van der Waals surface area contributed by atoms with E-state index < -0.39 is 4.92 Å². The van der Waals surface area contributed by atoms with Gasteiger partial charge in [-0.1, -0.05) is 5.10 Å². The second-order valence-electron chi connectivity index (χ2n) is 6.83. The van der Waals surface area contributed by atoms with Crippen molar-refractivity contribution in [3.8, 4) is 0 Å². The van der Waals surface area contributed by atoms with Gasteiger partial charge in [-0.2, -0.15) is 0 Å². The van der Waals surface area contributed by atoms with E-state index in [0.717, 1.165) is 24.7 Å². The second-order valence-corrected chi connectivity index (χ2v) is 6.83. The number of morpholine rings is 1. The number of H-pyrrole nitrogens is 1. The summed E-state index contributed by atoms with van der Waals surface area (Å²) in [5.41, 5.74) is -0.00554. The van der Waals surface area contributed by atoms with Crippen LogP contribution in [0.5, 0.6) is 0 Å². The third kappa shape index (κ3) is 3.65. The maximum Gasteiger partial charge on any atom is 0.355 e. The van der Waals surface area contributed by atoms with Crippen molar-refractivity contribution in [1.82, 2.24) is 25.1 Å². The van der Waals surface area contributed by atoms with Crippen molar-refractivity contribution < 1.29 is 14.5 Å². The van der Waals surface area contributed by atoms with Crippen molar-refractivity contribution in [3.05, 3.63) is 40.0 Å². The fourth-order valence-corrected chi connectivity index (χ4v) is 3.62. The van der Waals surface area contributed by atoms with Crippen LogP contribution in [0.25, 0.3) is 0 Å². The average molecular weight is 387 g/mol. The number of aromatic amines is 1. The molecular weight excluding hydrogens is 366 g/mol. The summed E-state index contributed by atoms with van der Waals surface area (Å²) in [4.78, 5) is 36.0. The lowest BCUT2D eigenvalue weighted by molar-refractivity contribution is -0.389. The molecule has 0 saturated carbocycles. The minimum Gasteiger partial charge on any atom is -0.378 e. The Labute approximate surface area is 160 Å². The summed E-state index contributed by atoms with van der Waals surface area (Å²) in [6.45, 7) is 4.01. The molecule has 28 heavy (non-hydrogen) atoms. The van der Waals surface area contributed by atoms with Gasteiger partial charge >= 0.3 is 5.82 Å². The molecule has 1 N–H and O–H groups in total. The average Bonchev–Trinajstić information content (AvgIpc) is 3.24. The molecule has 0 radical (unpaired) electrons. The van der Waals surface area contributed by atoms with Crippen LogP contribution in [0, 0.1) is 10.1 Å². The summed E-state index contributed by atoms with van der Waals surface area (Å²) >= 11 is 0. The number of nitrogens with zero attached hydrogens (tertiary/aromatic N) is 6. The van der Waals surface area contributed by atoms with Gasteiger partial charge in [0, 0.05) is 38.3 Å². The van der Waals surface area contributed by atoms with Gasteiger partial charge in [-0.25, -0.2) is 9.97 Å². The monoisotopic (exact) mass is 387 g/mol. The molecule has 2 saturated heterocycles. The molecule has 2 aliphatic heterocycles. The fourth-order valence-electron chi connectivity index (χ4n) is 3.62. The number of hydrogen-bond donors (Lipinski definition) is 1. The van der Waals surface area contributed by atoms with E-state index in [0.29, 0.717) is 39.1 Å². The van der Waals surface area contributed by atoms with Gasteiger partial charge < -0.3 is 24.7 Å². The Morgan fingerprint density at radius 1 is 1.25 bits per heavy atom. The molecule has 0 bridgehead atoms. The Kier molecular flexibility index (Phi) is 5.15. The Bertz CT molecular complexity index is 857. The first kappa shape index (κ1) is 18.3. The maximum atomic E-state index is 12.6. The number of carbonyl (C=O) groups is 1. The van der Waals surface area contributed by atoms with Crippen molar-refractivity contribution in [2.75, 3.05) is 44.3 Å². The summed E-state index contributed by atoms with van der Waals surface area (Å²) < 4.78 is 5.38. The molecule has 11 nitrogen and oxygen atoms in total.